The Kier molecular flexibility index (Phi) is 7.10. The van der Waals surface area contributed by atoms with E-state index in [1.807, 2.05) is 78.9 Å². The zero-order chi connectivity index (χ0) is 32.6. The Hall–Kier alpha value is -6.65. The van der Waals surface area contributed by atoms with Gasteiger partial charge in [0, 0.05) is 21.9 Å². The third-order valence-electron chi connectivity index (χ3n) is 8.96. The molecule has 0 amide bonds. The maximum atomic E-state index is 6.54. The molecule has 0 atom stereocenters. The Morgan fingerprint density at radius 1 is 0.306 bits per heavy atom. The molecule has 0 aliphatic carbocycles. The van der Waals surface area contributed by atoms with Gasteiger partial charge in [-0.05, 0) is 57.6 Å². The number of para-hydroxylation sites is 1. The lowest BCUT2D eigenvalue weighted by molar-refractivity contribution is 0.669. The minimum Gasteiger partial charge on any atom is -0.455 e. The number of furan rings is 1. The van der Waals surface area contributed by atoms with Crippen molar-refractivity contribution in [3.63, 3.8) is 0 Å². The van der Waals surface area contributed by atoms with Crippen LogP contribution in [0.2, 0.25) is 0 Å². The zero-order valence-corrected chi connectivity index (χ0v) is 26.5. The lowest BCUT2D eigenvalue weighted by Crippen LogP contribution is -2.00. The summed E-state index contributed by atoms with van der Waals surface area (Å²) in [5, 5.41) is 2.07. The van der Waals surface area contributed by atoms with Gasteiger partial charge in [0.25, 0.3) is 0 Å². The molecule has 0 saturated heterocycles. The third kappa shape index (κ3) is 5.45. The van der Waals surface area contributed by atoms with Gasteiger partial charge in [-0.3, -0.25) is 0 Å². The van der Waals surface area contributed by atoms with Gasteiger partial charge in [-0.25, -0.2) is 15.0 Å². The monoisotopic (exact) mass is 627 g/mol. The molecule has 0 fully saturated rings. The number of rotatable bonds is 6. The fourth-order valence-corrected chi connectivity index (χ4v) is 6.45. The zero-order valence-electron chi connectivity index (χ0n) is 26.5. The highest BCUT2D eigenvalue weighted by Crippen LogP contribution is 2.38. The lowest BCUT2D eigenvalue weighted by atomic mass is 9.96. The van der Waals surface area contributed by atoms with Crippen molar-refractivity contribution in [3.05, 3.63) is 176 Å². The molecule has 0 bridgehead atoms. The summed E-state index contributed by atoms with van der Waals surface area (Å²) >= 11 is 0. The van der Waals surface area contributed by atoms with Gasteiger partial charge in [0.2, 0.25) is 0 Å². The second-order valence-corrected chi connectivity index (χ2v) is 12.1. The average Bonchev–Trinajstić information content (AvgIpc) is 3.57. The first kappa shape index (κ1) is 28.6. The molecule has 0 aliphatic rings. The van der Waals surface area contributed by atoms with Crippen molar-refractivity contribution in [2.45, 2.75) is 0 Å². The van der Waals surface area contributed by atoms with E-state index >= 15 is 0 Å². The highest BCUT2D eigenvalue weighted by molar-refractivity contribution is 6.10. The Morgan fingerprint density at radius 2 is 0.755 bits per heavy atom. The highest BCUT2D eigenvalue weighted by atomic mass is 16.3. The summed E-state index contributed by atoms with van der Waals surface area (Å²) in [4.78, 5) is 14.8. The van der Waals surface area contributed by atoms with Crippen LogP contribution in [0.3, 0.4) is 0 Å². The molecule has 0 radical (unpaired) electrons. The van der Waals surface area contributed by atoms with Crippen molar-refractivity contribution in [2.24, 2.45) is 0 Å². The van der Waals surface area contributed by atoms with Crippen molar-refractivity contribution in [1.29, 1.82) is 0 Å². The molecule has 4 heteroatoms. The summed E-state index contributed by atoms with van der Waals surface area (Å²) in [6, 6.07) is 60.6. The number of nitrogens with zero attached hydrogens (tertiary/aromatic N) is 3. The molecule has 0 spiro atoms. The van der Waals surface area contributed by atoms with Crippen LogP contribution in [0.25, 0.3) is 89.5 Å². The number of fused-ring (bicyclic) bond motifs is 3. The molecule has 49 heavy (non-hydrogen) atoms. The van der Waals surface area contributed by atoms with E-state index in [2.05, 4.69) is 97.1 Å². The van der Waals surface area contributed by atoms with E-state index in [4.69, 9.17) is 19.4 Å². The Balaban J connectivity index is 1.10. The van der Waals surface area contributed by atoms with E-state index in [1.165, 1.54) is 22.3 Å². The first-order valence-electron chi connectivity index (χ1n) is 16.4. The van der Waals surface area contributed by atoms with Gasteiger partial charge in [-0.1, -0.05) is 152 Å². The van der Waals surface area contributed by atoms with E-state index in [9.17, 15) is 0 Å². The summed E-state index contributed by atoms with van der Waals surface area (Å²) in [5.74, 6) is 1.81. The van der Waals surface area contributed by atoms with Crippen LogP contribution in [0.15, 0.2) is 180 Å². The first-order valence-corrected chi connectivity index (χ1v) is 16.4. The maximum absolute atomic E-state index is 6.54. The molecule has 230 valence electrons. The molecule has 7 aromatic carbocycles. The summed E-state index contributed by atoms with van der Waals surface area (Å²) in [6.07, 6.45) is 0. The SMILES string of the molecule is c1ccc(-c2cccc(-c3ccc(-c4ccc5oc6c(-c7nc(-c8ccccc8)nc(-c8ccccc8)n7)cccc6c5c4)cc3)c2)cc1. The number of benzene rings is 7. The number of hydrogen-bond acceptors (Lipinski definition) is 4. The molecule has 0 N–H and O–H groups in total. The van der Waals surface area contributed by atoms with Gasteiger partial charge in [0.1, 0.15) is 11.2 Å². The fraction of sp³-hybridized carbons (Fsp3) is 0. The Labute approximate surface area is 284 Å². The molecule has 2 aromatic heterocycles. The molecule has 0 aliphatic heterocycles. The molecular weight excluding hydrogens is 599 g/mol. The average molecular weight is 628 g/mol. The van der Waals surface area contributed by atoms with Gasteiger partial charge in [0.15, 0.2) is 17.5 Å². The smallest absolute Gasteiger partial charge is 0.167 e. The van der Waals surface area contributed by atoms with Crippen LogP contribution in [0.5, 0.6) is 0 Å². The van der Waals surface area contributed by atoms with E-state index in [0.29, 0.717) is 17.5 Å². The maximum Gasteiger partial charge on any atom is 0.167 e. The Morgan fingerprint density at radius 3 is 1.35 bits per heavy atom. The summed E-state index contributed by atoms with van der Waals surface area (Å²) in [5.41, 5.74) is 11.3. The Bertz CT molecular complexity index is 2520. The lowest BCUT2D eigenvalue weighted by Gasteiger charge is -2.08. The standard InChI is InChI=1S/C45H29N3O/c1-4-12-30(13-5-1)35-18-10-19-36(28-35)31-22-24-32(25-23-31)37-26-27-41-40(29-37)38-20-11-21-39(42(38)49-41)45-47-43(33-14-6-2-7-15-33)46-44(48-45)34-16-8-3-9-17-34/h1-29H. The van der Waals surface area contributed by atoms with Gasteiger partial charge < -0.3 is 4.42 Å². The molecular formula is C45H29N3O. The van der Waals surface area contributed by atoms with Crippen molar-refractivity contribution in [2.75, 3.05) is 0 Å². The van der Waals surface area contributed by atoms with E-state index < -0.39 is 0 Å². The van der Waals surface area contributed by atoms with Crippen LogP contribution in [-0.2, 0) is 0 Å². The van der Waals surface area contributed by atoms with Crippen LogP contribution < -0.4 is 0 Å². The van der Waals surface area contributed by atoms with E-state index in [1.54, 1.807) is 0 Å². The molecule has 9 aromatic rings. The van der Waals surface area contributed by atoms with Crippen LogP contribution in [0.1, 0.15) is 0 Å². The van der Waals surface area contributed by atoms with Crippen LogP contribution in [0, 0.1) is 0 Å². The third-order valence-corrected chi connectivity index (χ3v) is 8.96. The summed E-state index contributed by atoms with van der Waals surface area (Å²) in [6.45, 7) is 0. The quantitative estimate of drug-likeness (QED) is 0.184. The normalized spacial score (nSPS) is 11.3. The topological polar surface area (TPSA) is 51.8 Å². The van der Waals surface area contributed by atoms with Crippen LogP contribution in [0.4, 0.5) is 0 Å². The van der Waals surface area contributed by atoms with Crippen molar-refractivity contribution >= 4 is 21.9 Å². The molecule has 0 unspecified atom stereocenters. The second kappa shape index (κ2) is 12.2. The van der Waals surface area contributed by atoms with Gasteiger partial charge >= 0.3 is 0 Å². The molecule has 4 nitrogen and oxygen atoms in total. The van der Waals surface area contributed by atoms with Gasteiger partial charge in [0.05, 0.1) is 5.56 Å². The van der Waals surface area contributed by atoms with Gasteiger partial charge in [-0.15, -0.1) is 0 Å². The van der Waals surface area contributed by atoms with E-state index in [0.717, 1.165) is 49.8 Å². The molecule has 2 heterocycles. The minimum atomic E-state index is 0.574. The first-order chi connectivity index (χ1) is 24.3. The second-order valence-electron chi connectivity index (χ2n) is 12.1. The van der Waals surface area contributed by atoms with Crippen molar-refractivity contribution in [3.8, 4) is 67.5 Å². The predicted molar refractivity (Wildman–Crippen MR) is 200 cm³/mol. The van der Waals surface area contributed by atoms with E-state index in [-0.39, 0.29) is 0 Å². The largest absolute Gasteiger partial charge is 0.455 e. The predicted octanol–water partition coefficient (Wildman–Crippen LogP) is 11.8. The van der Waals surface area contributed by atoms with Gasteiger partial charge in [-0.2, -0.15) is 0 Å². The molecule has 9 rings (SSSR count). The van der Waals surface area contributed by atoms with Crippen molar-refractivity contribution in [1.82, 2.24) is 15.0 Å². The van der Waals surface area contributed by atoms with Crippen molar-refractivity contribution < 1.29 is 4.42 Å². The fourth-order valence-electron chi connectivity index (χ4n) is 6.45. The van der Waals surface area contributed by atoms with Crippen LogP contribution >= 0.6 is 0 Å². The summed E-state index contributed by atoms with van der Waals surface area (Å²) < 4.78 is 6.54. The van der Waals surface area contributed by atoms with Crippen LogP contribution in [-0.4, -0.2) is 15.0 Å². The highest BCUT2D eigenvalue weighted by Gasteiger charge is 2.18. The summed E-state index contributed by atoms with van der Waals surface area (Å²) in [7, 11) is 0. The molecule has 0 saturated carbocycles. The minimum absolute atomic E-state index is 0.574. The number of aromatic nitrogens is 3. The number of hydrogen-bond donors (Lipinski definition) is 0.